The van der Waals surface area contributed by atoms with Gasteiger partial charge in [0, 0.05) is 19.0 Å². The van der Waals surface area contributed by atoms with Gasteiger partial charge in [-0.1, -0.05) is 39.5 Å². The molecule has 0 aliphatic rings. The largest absolute Gasteiger partial charge is 0.215 e. The first-order valence-electron chi connectivity index (χ1n) is 6.62. The summed E-state index contributed by atoms with van der Waals surface area (Å²) in [4.78, 5) is 0. The Hall–Kier alpha value is 0.200. The van der Waals surface area contributed by atoms with Crippen LogP contribution in [0.2, 0.25) is 0 Å². The molecule has 0 amide bonds. The topological polar surface area (TPSA) is 37.4 Å². The monoisotopic (exact) mass is 283 g/mol. The van der Waals surface area contributed by atoms with Crippen LogP contribution in [-0.4, -0.2) is 37.4 Å². The van der Waals surface area contributed by atoms with Crippen LogP contribution < -0.4 is 0 Å². The molecule has 104 valence electrons. The number of rotatable bonds is 11. The van der Waals surface area contributed by atoms with Crippen molar-refractivity contribution in [3.63, 3.8) is 0 Å². The van der Waals surface area contributed by atoms with Gasteiger partial charge in [-0.25, -0.2) is 12.7 Å². The summed E-state index contributed by atoms with van der Waals surface area (Å²) < 4.78 is 25.5. The van der Waals surface area contributed by atoms with E-state index in [1.165, 1.54) is 0 Å². The normalized spacial score (nSPS) is 12.2. The Morgan fingerprint density at radius 1 is 0.941 bits per heavy atom. The average Bonchev–Trinajstić information content (AvgIpc) is 2.27. The van der Waals surface area contributed by atoms with Crippen molar-refractivity contribution in [1.29, 1.82) is 0 Å². The van der Waals surface area contributed by atoms with Gasteiger partial charge in [0.15, 0.2) is 0 Å². The SMILES string of the molecule is CCCCCN(CCCCC)S(=O)(=O)CCCl. The molecule has 0 aromatic carbocycles. The predicted octanol–water partition coefficient (Wildman–Crippen LogP) is 3.24. The van der Waals surface area contributed by atoms with Crippen LogP contribution in [0.1, 0.15) is 52.4 Å². The first-order valence-corrected chi connectivity index (χ1v) is 8.76. The number of hydrogen-bond acceptors (Lipinski definition) is 2. The van der Waals surface area contributed by atoms with Crippen LogP contribution in [0.3, 0.4) is 0 Å². The molecule has 0 radical (unpaired) electrons. The minimum Gasteiger partial charge on any atom is -0.212 e. The van der Waals surface area contributed by atoms with E-state index in [-0.39, 0.29) is 11.6 Å². The number of unbranched alkanes of at least 4 members (excludes halogenated alkanes) is 4. The zero-order chi connectivity index (χ0) is 13.1. The van der Waals surface area contributed by atoms with Crippen LogP contribution in [0, 0.1) is 0 Å². The molecular formula is C12H26ClNO2S. The number of halogens is 1. The zero-order valence-electron chi connectivity index (χ0n) is 11.1. The Bertz CT molecular complexity index is 258. The van der Waals surface area contributed by atoms with E-state index in [0.717, 1.165) is 38.5 Å². The number of alkyl halides is 1. The molecule has 0 bridgehead atoms. The summed E-state index contributed by atoms with van der Waals surface area (Å²) in [5, 5.41) is 0. The van der Waals surface area contributed by atoms with Gasteiger partial charge in [-0.2, -0.15) is 0 Å². The van der Waals surface area contributed by atoms with Gasteiger partial charge in [0.05, 0.1) is 5.75 Å². The summed E-state index contributed by atoms with van der Waals surface area (Å²) in [6.45, 7) is 5.54. The first kappa shape index (κ1) is 17.2. The summed E-state index contributed by atoms with van der Waals surface area (Å²) in [7, 11) is -3.13. The van der Waals surface area contributed by atoms with Crippen LogP contribution in [0.25, 0.3) is 0 Å². The third kappa shape index (κ3) is 8.01. The molecular weight excluding hydrogens is 258 g/mol. The minimum absolute atomic E-state index is 0.0623. The van der Waals surface area contributed by atoms with Gasteiger partial charge in [-0.05, 0) is 12.8 Å². The van der Waals surface area contributed by atoms with Gasteiger partial charge in [0.2, 0.25) is 10.0 Å². The molecule has 0 rings (SSSR count). The third-order valence-corrected chi connectivity index (χ3v) is 5.04. The van der Waals surface area contributed by atoms with Gasteiger partial charge in [-0.3, -0.25) is 0 Å². The molecule has 0 saturated carbocycles. The minimum atomic E-state index is -3.13. The van der Waals surface area contributed by atoms with E-state index in [9.17, 15) is 8.42 Å². The summed E-state index contributed by atoms with van der Waals surface area (Å²) >= 11 is 5.55. The maximum atomic E-state index is 12.0. The highest BCUT2D eigenvalue weighted by atomic mass is 35.5. The molecule has 0 unspecified atom stereocenters. The first-order chi connectivity index (χ1) is 8.08. The molecule has 0 heterocycles. The Kier molecular flexibility index (Phi) is 10.3. The zero-order valence-corrected chi connectivity index (χ0v) is 12.7. The van der Waals surface area contributed by atoms with E-state index in [4.69, 9.17) is 11.6 Å². The Balaban J connectivity index is 4.27. The molecule has 5 heteroatoms. The van der Waals surface area contributed by atoms with Gasteiger partial charge in [-0.15, -0.1) is 11.6 Å². The molecule has 0 saturated heterocycles. The highest BCUT2D eigenvalue weighted by Crippen LogP contribution is 2.09. The Labute approximate surface area is 112 Å². The van der Waals surface area contributed by atoms with Crippen molar-refractivity contribution in [2.45, 2.75) is 52.4 Å². The molecule has 17 heavy (non-hydrogen) atoms. The number of nitrogens with zero attached hydrogens (tertiary/aromatic N) is 1. The van der Waals surface area contributed by atoms with Gasteiger partial charge < -0.3 is 0 Å². The van der Waals surface area contributed by atoms with E-state index in [1.54, 1.807) is 4.31 Å². The Morgan fingerprint density at radius 3 is 1.76 bits per heavy atom. The summed E-state index contributed by atoms with van der Waals surface area (Å²) in [5.41, 5.74) is 0. The number of sulfonamides is 1. The second-order valence-corrected chi connectivity index (χ2v) is 6.78. The van der Waals surface area contributed by atoms with Crippen molar-refractivity contribution < 1.29 is 8.42 Å². The molecule has 0 N–H and O–H groups in total. The highest BCUT2D eigenvalue weighted by molar-refractivity contribution is 7.89. The van der Waals surface area contributed by atoms with E-state index in [2.05, 4.69) is 13.8 Å². The Morgan fingerprint density at radius 2 is 1.41 bits per heavy atom. The van der Waals surface area contributed by atoms with Gasteiger partial charge >= 0.3 is 0 Å². The lowest BCUT2D eigenvalue weighted by Gasteiger charge is -2.21. The molecule has 0 aliphatic heterocycles. The van der Waals surface area contributed by atoms with Crippen molar-refractivity contribution in [3.05, 3.63) is 0 Å². The fraction of sp³-hybridized carbons (Fsp3) is 1.00. The van der Waals surface area contributed by atoms with Gasteiger partial charge in [0.25, 0.3) is 0 Å². The smallest absolute Gasteiger partial charge is 0.212 e. The fourth-order valence-electron chi connectivity index (χ4n) is 1.69. The highest BCUT2D eigenvalue weighted by Gasteiger charge is 2.20. The van der Waals surface area contributed by atoms with Crippen LogP contribution in [0.5, 0.6) is 0 Å². The molecule has 0 aromatic rings. The number of hydrogen-bond donors (Lipinski definition) is 0. The van der Waals surface area contributed by atoms with Crippen molar-refractivity contribution in [3.8, 4) is 0 Å². The van der Waals surface area contributed by atoms with Gasteiger partial charge in [0.1, 0.15) is 0 Å². The van der Waals surface area contributed by atoms with E-state index < -0.39 is 10.0 Å². The van der Waals surface area contributed by atoms with Crippen molar-refractivity contribution in [1.82, 2.24) is 4.31 Å². The molecule has 0 atom stereocenters. The molecule has 0 aromatic heterocycles. The van der Waals surface area contributed by atoms with Crippen LogP contribution in [-0.2, 0) is 10.0 Å². The van der Waals surface area contributed by atoms with Crippen molar-refractivity contribution >= 4 is 21.6 Å². The molecule has 0 spiro atoms. The quantitative estimate of drug-likeness (QED) is 0.431. The molecule has 3 nitrogen and oxygen atoms in total. The lowest BCUT2D eigenvalue weighted by molar-refractivity contribution is 0.389. The van der Waals surface area contributed by atoms with Crippen LogP contribution in [0.15, 0.2) is 0 Å². The molecule has 0 fully saturated rings. The maximum Gasteiger partial charge on any atom is 0.215 e. The standard InChI is InChI=1S/C12H26ClNO2S/c1-3-5-7-10-14(11-8-6-4-2)17(15,16)12-9-13/h3-12H2,1-2H3. The summed E-state index contributed by atoms with van der Waals surface area (Å²) in [6, 6.07) is 0. The molecule has 0 aliphatic carbocycles. The lowest BCUT2D eigenvalue weighted by atomic mass is 10.2. The second-order valence-electron chi connectivity index (χ2n) is 4.32. The van der Waals surface area contributed by atoms with Crippen LogP contribution >= 0.6 is 11.6 Å². The predicted molar refractivity (Wildman–Crippen MR) is 75.1 cm³/mol. The lowest BCUT2D eigenvalue weighted by Crippen LogP contribution is -2.35. The summed E-state index contributed by atoms with van der Waals surface area (Å²) in [6.07, 6.45) is 6.28. The average molecular weight is 284 g/mol. The second kappa shape index (κ2) is 10.2. The fourth-order valence-corrected chi connectivity index (χ4v) is 3.55. The van der Waals surface area contributed by atoms with Crippen molar-refractivity contribution in [2.75, 3.05) is 24.7 Å². The van der Waals surface area contributed by atoms with E-state index in [1.807, 2.05) is 0 Å². The van der Waals surface area contributed by atoms with E-state index in [0.29, 0.717) is 13.1 Å². The maximum absolute atomic E-state index is 12.0. The third-order valence-electron chi connectivity index (χ3n) is 2.75. The van der Waals surface area contributed by atoms with Crippen LogP contribution in [0.4, 0.5) is 0 Å². The van der Waals surface area contributed by atoms with E-state index >= 15 is 0 Å². The van der Waals surface area contributed by atoms with Crippen molar-refractivity contribution in [2.24, 2.45) is 0 Å². The summed E-state index contributed by atoms with van der Waals surface area (Å²) in [5.74, 6) is 0.243.